The van der Waals surface area contributed by atoms with E-state index in [2.05, 4.69) is 19.2 Å². The second-order valence-corrected chi connectivity index (χ2v) is 4.31. The number of hydrogen-bond acceptors (Lipinski definition) is 2. The zero-order valence-corrected chi connectivity index (χ0v) is 9.02. The Morgan fingerprint density at radius 3 is 2.62 bits per heavy atom. The molecule has 0 aliphatic carbocycles. The van der Waals surface area contributed by atoms with E-state index in [0.717, 1.165) is 5.69 Å². The van der Waals surface area contributed by atoms with Gasteiger partial charge < -0.3 is 5.32 Å². The number of rotatable bonds is 3. The number of amides is 1. The zero-order valence-electron chi connectivity index (χ0n) is 8.20. The molecule has 1 N–H and O–H groups in total. The van der Waals surface area contributed by atoms with Gasteiger partial charge in [-0.15, -0.1) is 0 Å². The van der Waals surface area contributed by atoms with Gasteiger partial charge in [-0.05, 0) is 17.4 Å². The summed E-state index contributed by atoms with van der Waals surface area (Å²) >= 11 is 1.59. The van der Waals surface area contributed by atoms with Crippen molar-refractivity contribution in [3.05, 3.63) is 16.8 Å². The van der Waals surface area contributed by atoms with E-state index in [4.69, 9.17) is 0 Å². The molecule has 1 atom stereocenters. The fraction of sp³-hybridized carbons (Fsp3) is 0.500. The van der Waals surface area contributed by atoms with Gasteiger partial charge in [-0.1, -0.05) is 20.8 Å². The zero-order chi connectivity index (χ0) is 9.84. The fourth-order valence-electron chi connectivity index (χ4n) is 0.894. The van der Waals surface area contributed by atoms with Gasteiger partial charge in [-0.3, -0.25) is 4.79 Å². The average Bonchev–Trinajstić information content (AvgIpc) is 2.55. The summed E-state index contributed by atoms with van der Waals surface area (Å²) in [4.78, 5) is 11.5. The minimum absolute atomic E-state index is 0.0694. The Balaban J connectivity index is 2.51. The number of nitrogens with one attached hydrogen (secondary N) is 1. The molecule has 13 heavy (non-hydrogen) atoms. The molecule has 1 unspecified atom stereocenters. The van der Waals surface area contributed by atoms with Gasteiger partial charge in [0.25, 0.3) is 0 Å². The van der Waals surface area contributed by atoms with Crippen LogP contribution in [0.15, 0.2) is 16.8 Å². The van der Waals surface area contributed by atoms with Crippen LogP contribution in [-0.4, -0.2) is 5.91 Å². The first-order chi connectivity index (χ1) is 6.11. The van der Waals surface area contributed by atoms with Crippen LogP contribution in [0.1, 0.15) is 20.8 Å². The summed E-state index contributed by atoms with van der Waals surface area (Å²) in [5.74, 6) is 0.562. The molecule has 0 bridgehead atoms. The van der Waals surface area contributed by atoms with Crippen molar-refractivity contribution in [3.8, 4) is 0 Å². The minimum Gasteiger partial charge on any atom is -0.325 e. The van der Waals surface area contributed by atoms with Gasteiger partial charge in [0, 0.05) is 11.3 Å². The van der Waals surface area contributed by atoms with Crippen molar-refractivity contribution in [2.75, 3.05) is 5.32 Å². The maximum atomic E-state index is 11.5. The Bertz CT molecular complexity index is 266. The third kappa shape index (κ3) is 2.84. The lowest BCUT2D eigenvalue weighted by molar-refractivity contribution is -0.120. The van der Waals surface area contributed by atoms with Gasteiger partial charge in [0.1, 0.15) is 0 Å². The van der Waals surface area contributed by atoms with Crippen molar-refractivity contribution >= 4 is 22.9 Å². The van der Waals surface area contributed by atoms with Crippen molar-refractivity contribution in [1.29, 1.82) is 0 Å². The number of carbonyl (C=O) groups is 1. The number of thiophene rings is 1. The maximum Gasteiger partial charge on any atom is 0.227 e. The number of hydrogen-bond donors (Lipinski definition) is 1. The van der Waals surface area contributed by atoms with Crippen molar-refractivity contribution in [2.45, 2.75) is 20.8 Å². The first kappa shape index (κ1) is 10.3. The molecule has 3 heteroatoms. The molecule has 0 fully saturated rings. The van der Waals surface area contributed by atoms with Crippen LogP contribution in [0.2, 0.25) is 0 Å². The van der Waals surface area contributed by atoms with Crippen LogP contribution in [-0.2, 0) is 4.79 Å². The quantitative estimate of drug-likeness (QED) is 0.793. The van der Waals surface area contributed by atoms with Gasteiger partial charge in [0.15, 0.2) is 0 Å². The standard InChI is InChI=1S/C10H15NOS/c1-7(2)8(3)10(12)11-9-4-5-13-6-9/h4-8H,1-3H3,(H,11,12). The van der Waals surface area contributed by atoms with Crippen LogP contribution in [0.3, 0.4) is 0 Å². The second-order valence-electron chi connectivity index (χ2n) is 3.53. The van der Waals surface area contributed by atoms with E-state index in [-0.39, 0.29) is 11.8 Å². The van der Waals surface area contributed by atoms with E-state index in [9.17, 15) is 4.79 Å². The summed E-state index contributed by atoms with van der Waals surface area (Å²) in [7, 11) is 0. The summed E-state index contributed by atoms with van der Waals surface area (Å²) < 4.78 is 0. The lowest BCUT2D eigenvalue weighted by Crippen LogP contribution is -2.23. The molecule has 1 aromatic heterocycles. The predicted molar refractivity (Wildman–Crippen MR) is 57.0 cm³/mol. The normalized spacial score (nSPS) is 12.9. The highest BCUT2D eigenvalue weighted by Crippen LogP contribution is 2.16. The SMILES string of the molecule is CC(C)C(C)C(=O)Nc1ccsc1. The third-order valence-corrected chi connectivity index (χ3v) is 2.89. The Morgan fingerprint density at radius 2 is 2.15 bits per heavy atom. The van der Waals surface area contributed by atoms with Gasteiger partial charge in [-0.25, -0.2) is 0 Å². The van der Waals surface area contributed by atoms with Gasteiger partial charge in [-0.2, -0.15) is 11.3 Å². The van der Waals surface area contributed by atoms with Gasteiger partial charge >= 0.3 is 0 Å². The molecule has 0 aliphatic rings. The summed E-state index contributed by atoms with van der Waals surface area (Å²) in [6, 6.07) is 1.91. The summed E-state index contributed by atoms with van der Waals surface area (Å²) in [6.07, 6.45) is 0. The van der Waals surface area contributed by atoms with Crippen molar-refractivity contribution in [1.82, 2.24) is 0 Å². The van der Waals surface area contributed by atoms with Crippen LogP contribution in [0, 0.1) is 11.8 Å². The minimum atomic E-state index is 0.0694. The van der Waals surface area contributed by atoms with Crippen LogP contribution in [0.4, 0.5) is 5.69 Å². The average molecular weight is 197 g/mol. The van der Waals surface area contributed by atoms with Crippen molar-refractivity contribution in [3.63, 3.8) is 0 Å². The summed E-state index contributed by atoms with van der Waals surface area (Å²) in [5.41, 5.74) is 0.905. The number of anilines is 1. The molecule has 72 valence electrons. The van der Waals surface area contributed by atoms with Crippen LogP contribution < -0.4 is 5.32 Å². The van der Waals surface area contributed by atoms with Crippen molar-refractivity contribution in [2.24, 2.45) is 11.8 Å². The maximum absolute atomic E-state index is 11.5. The van der Waals surface area contributed by atoms with E-state index in [1.54, 1.807) is 11.3 Å². The molecule has 0 aliphatic heterocycles. The topological polar surface area (TPSA) is 29.1 Å². The highest BCUT2D eigenvalue weighted by molar-refractivity contribution is 7.08. The molecule has 1 heterocycles. The van der Waals surface area contributed by atoms with Gasteiger partial charge in [0.05, 0.1) is 5.69 Å². The second kappa shape index (κ2) is 4.42. The molecule has 0 radical (unpaired) electrons. The lowest BCUT2D eigenvalue weighted by atomic mass is 9.97. The van der Waals surface area contributed by atoms with E-state index < -0.39 is 0 Å². The number of carbonyl (C=O) groups excluding carboxylic acids is 1. The van der Waals surface area contributed by atoms with E-state index in [1.165, 1.54) is 0 Å². The molecule has 0 aromatic carbocycles. The smallest absolute Gasteiger partial charge is 0.227 e. The first-order valence-electron chi connectivity index (χ1n) is 4.44. The molecule has 1 rings (SSSR count). The Labute approximate surface area is 83.0 Å². The molecular formula is C10H15NOS. The fourth-order valence-corrected chi connectivity index (χ4v) is 1.48. The highest BCUT2D eigenvalue weighted by Gasteiger charge is 2.16. The summed E-state index contributed by atoms with van der Waals surface area (Å²) in [6.45, 7) is 6.06. The highest BCUT2D eigenvalue weighted by atomic mass is 32.1. The van der Waals surface area contributed by atoms with E-state index >= 15 is 0 Å². The molecular weight excluding hydrogens is 182 g/mol. The molecule has 1 amide bonds. The molecule has 0 saturated heterocycles. The predicted octanol–water partition coefficient (Wildman–Crippen LogP) is 2.98. The molecule has 2 nitrogen and oxygen atoms in total. The van der Waals surface area contributed by atoms with E-state index in [1.807, 2.05) is 23.8 Å². The summed E-state index contributed by atoms with van der Waals surface area (Å²) in [5, 5.41) is 6.76. The Kier molecular flexibility index (Phi) is 3.48. The monoisotopic (exact) mass is 197 g/mol. The largest absolute Gasteiger partial charge is 0.325 e. The van der Waals surface area contributed by atoms with Crippen LogP contribution in [0.25, 0.3) is 0 Å². The molecule has 0 spiro atoms. The lowest BCUT2D eigenvalue weighted by Gasteiger charge is -2.14. The third-order valence-electron chi connectivity index (χ3n) is 2.20. The van der Waals surface area contributed by atoms with Crippen LogP contribution >= 0.6 is 11.3 Å². The molecule has 1 aromatic rings. The van der Waals surface area contributed by atoms with Gasteiger partial charge in [0.2, 0.25) is 5.91 Å². The Morgan fingerprint density at radius 1 is 1.46 bits per heavy atom. The van der Waals surface area contributed by atoms with Crippen molar-refractivity contribution < 1.29 is 4.79 Å². The van der Waals surface area contributed by atoms with E-state index in [0.29, 0.717) is 5.92 Å². The first-order valence-corrected chi connectivity index (χ1v) is 5.38. The Hall–Kier alpha value is -0.830. The van der Waals surface area contributed by atoms with Crippen LogP contribution in [0.5, 0.6) is 0 Å². The molecule has 0 saturated carbocycles.